The first-order valence-corrected chi connectivity index (χ1v) is 12.4. The molecule has 0 radical (unpaired) electrons. The third-order valence-electron chi connectivity index (χ3n) is 6.77. The van der Waals surface area contributed by atoms with E-state index >= 15 is 0 Å². The van der Waals surface area contributed by atoms with Crippen LogP contribution < -0.4 is 4.90 Å². The maximum atomic E-state index is 13.7. The van der Waals surface area contributed by atoms with Crippen LogP contribution in [0.15, 0.2) is 78.9 Å². The number of carbonyl (C=O) groups is 2. The average Bonchev–Trinajstić information content (AvgIpc) is 2.91. The highest BCUT2D eigenvalue weighted by Gasteiger charge is 2.27. The standard InChI is InChI=1S/C31H33NO3/c1-23-9-6-7-14-29(23)26-18-15-25(16-19-26)22-32(31(34)27-11-4-3-5-12-27)28-13-8-10-24(21-28)17-20-30(33)35-2/h6-10,13-21,27H,3-5,11-12,22H2,1-2H3/b20-17+. The Labute approximate surface area is 208 Å². The van der Waals surface area contributed by atoms with E-state index < -0.39 is 5.97 Å². The summed E-state index contributed by atoms with van der Waals surface area (Å²) in [7, 11) is 1.36. The number of aryl methyl sites for hydroxylation is 1. The van der Waals surface area contributed by atoms with E-state index in [0.717, 1.165) is 42.5 Å². The van der Waals surface area contributed by atoms with Gasteiger partial charge in [0.05, 0.1) is 13.7 Å². The van der Waals surface area contributed by atoms with Crippen LogP contribution in [0.3, 0.4) is 0 Å². The molecular weight excluding hydrogens is 434 g/mol. The SMILES string of the molecule is COC(=O)/C=C/c1cccc(N(Cc2ccc(-c3ccccc3C)cc2)C(=O)C2CCCCC2)c1. The second-order valence-electron chi connectivity index (χ2n) is 9.22. The second kappa shape index (κ2) is 11.7. The van der Waals surface area contributed by atoms with Crippen LogP contribution in [0.2, 0.25) is 0 Å². The summed E-state index contributed by atoms with van der Waals surface area (Å²) in [6, 6.07) is 24.6. The summed E-state index contributed by atoms with van der Waals surface area (Å²) in [5.74, 6) is -0.162. The Balaban J connectivity index is 1.61. The number of hydrogen-bond donors (Lipinski definition) is 0. The van der Waals surface area contributed by atoms with Gasteiger partial charge in [-0.2, -0.15) is 0 Å². The maximum absolute atomic E-state index is 13.7. The molecule has 0 unspecified atom stereocenters. The Morgan fingerprint density at radius 3 is 2.40 bits per heavy atom. The zero-order valence-electron chi connectivity index (χ0n) is 20.6. The lowest BCUT2D eigenvalue weighted by Crippen LogP contribution is -2.36. The summed E-state index contributed by atoms with van der Waals surface area (Å²) in [5.41, 5.74) is 6.42. The van der Waals surface area contributed by atoms with Crippen molar-refractivity contribution in [1.82, 2.24) is 0 Å². The van der Waals surface area contributed by atoms with Crippen molar-refractivity contribution in [2.75, 3.05) is 12.0 Å². The van der Waals surface area contributed by atoms with Crippen LogP contribution in [0.4, 0.5) is 5.69 Å². The first-order chi connectivity index (χ1) is 17.0. The second-order valence-corrected chi connectivity index (χ2v) is 9.22. The third kappa shape index (κ3) is 6.27. The largest absolute Gasteiger partial charge is 0.466 e. The molecule has 3 aromatic carbocycles. The van der Waals surface area contributed by atoms with Crippen molar-refractivity contribution in [3.8, 4) is 11.1 Å². The van der Waals surface area contributed by atoms with E-state index in [9.17, 15) is 9.59 Å². The zero-order valence-corrected chi connectivity index (χ0v) is 20.6. The molecule has 1 amide bonds. The fourth-order valence-electron chi connectivity index (χ4n) is 4.76. The lowest BCUT2D eigenvalue weighted by molar-refractivity contribution is -0.134. The summed E-state index contributed by atoms with van der Waals surface area (Å²) in [6.45, 7) is 2.63. The third-order valence-corrected chi connectivity index (χ3v) is 6.77. The van der Waals surface area contributed by atoms with Gasteiger partial charge in [-0.05, 0) is 65.8 Å². The first kappa shape index (κ1) is 24.5. The fourth-order valence-corrected chi connectivity index (χ4v) is 4.76. The van der Waals surface area contributed by atoms with Gasteiger partial charge in [0, 0.05) is 17.7 Å². The number of benzene rings is 3. The topological polar surface area (TPSA) is 46.6 Å². The van der Waals surface area contributed by atoms with Crippen LogP contribution in [0.25, 0.3) is 17.2 Å². The molecule has 0 saturated heterocycles. The molecule has 3 aromatic rings. The molecule has 0 aliphatic heterocycles. The number of nitrogens with zero attached hydrogens (tertiary/aromatic N) is 1. The van der Waals surface area contributed by atoms with Crippen LogP contribution in [0.1, 0.15) is 48.8 Å². The highest BCUT2D eigenvalue weighted by molar-refractivity contribution is 5.95. The smallest absolute Gasteiger partial charge is 0.330 e. The van der Waals surface area contributed by atoms with Crippen LogP contribution in [-0.4, -0.2) is 19.0 Å². The molecule has 0 bridgehead atoms. The molecule has 0 spiro atoms. The summed E-state index contributed by atoms with van der Waals surface area (Å²) in [6.07, 6.45) is 8.44. The molecule has 1 fully saturated rings. The minimum Gasteiger partial charge on any atom is -0.466 e. The van der Waals surface area contributed by atoms with Crippen molar-refractivity contribution in [2.45, 2.75) is 45.6 Å². The lowest BCUT2D eigenvalue weighted by atomic mass is 9.88. The molecular formula is C31H33NO3. The minimum atomic E-state index is -0.403. The molecule has 0 heterocycles. The molecule has 0 aromatic heterocycles. The van der Waals surface area contributed by atoms with Crippen molar-refractivity contribution in [3.63, 3.8) is 0 Å². The molecule has 180 valence electrons. The Kier molecular flexibility index (Phi) is 8.15. The maximum Gasteiger partial charge on any atom is 0.330 e. The summed E-state index contributed by atoms with van der Waals surface area (Å²) in [4.78, 5) is 27.1. The molecule has 0 N–H and O–H groups in total. The average molecular weight is 468 g/mol. The number of rotatable bonds is 7. The predicted octanol–water partition coefficient (Wildman–Crippen LogP) is 6.96. The first-order valence-electron chi connectivity index (χ1n) is 12.4. The molecule has 4 nitrogen and oxygen atoms in total. The normalized spacial score (nSPS) is 14.1. The number of ether oxygens (including phenoxy) is 1. The summed E-state index contributed by atoms with van der Waals surface area (Å²) in [5, 5.41) is 0. The van der Waals surface area contributed by atoms with Gasteiger partial charge in [-0.15, -0.1) is 0 Å². The number of hydrogen-bond acceptors (Lipinski definition) is 3. The molecule has 4 heteroatoms. The van der Waals surface area contributed by atoms with Gasteiger partial charge in [0.25, 0.3) is 0 Å². The fraction of sp³-hybridized carbons (Fsp3) is 0.290. The van der Waals surface area contributed by atoms with Gasteiger partial charge in [0.2, 0.25) is 5.91 Å². The molecule has 0 atom stereocenters. The molecule has 1 aliphatic rings. The van der Waals surface area contributed by atoms with Gasteiger partial charge in [0.1, 0.15) is 0 Å². The number of amides is 1. The van der Waals surface area contributed by atoms with E-state index in [0.29, 0.717) is 6.54 Å². The van der Waals surface area contributed by atoms with E-state index in [2.05, 4.69) is 55.5 Å². The number of carbonyl (C=O) groups excluding carboxylic acids is 2. The molecule has 1 aliphatic carbocycles. The van der Waals surface area contributed by atoms with Gasteiger partial charge in [-0.1, -0.05) is 79.9 Å². The van der Waals surface area contributed by atoms with Crippen LogP contribution in [-0.2, 0) is 20.9 Å². The number of esters is 1. The highest BCUT2D eigenvalue weighted by Crippen LogP contribution is 2.30. The Hall–Kier alpha value is -3.66. The van der Waals surface area contributed by atoms with Crippen molar-refractivity contribution in [3.05, 3.63) is 95.6 Å². The van der Waals surface area contributed by atoms with Crippen molar-refractivity contribution >= 4 is 23.6 Å². The number of methoxy groups -OCH3 is 1. The Bertz CT molecular complexity index is 1190. The molecule has 35 heavy (non-hydrogen) atoms. The quantitative estimate of drug-likeness (QED) is 0.279. The predicted molar refractivity (Wildman–Crippen MR) is 142 cm³/mol. The van der Waals surface area contributed by atoms with E-state index in [-0.39, 0.29) is 11.8 Å². The van der Waals surface area contributed by atoms with E-state index in [1.165, 1.54) is 36.3 Å². The Morgan fingerprint density at radius 2 is 1.69 bits per heavy atom. The van der Waals surface area contributed by atoms with Gasteiger partial charge in [0.15, 0.2) is 0 Å². The Morgan fingerprint density at radius 1 is 0.943 bits per heavy atom. The van der Waals surface area contributed by atoms with Crippen molar-refractivity contribution in [2.24, 2.45) is 5.92 Å². The van der Waals surface area contributed by atoms with Gasteiger partial charge < -0.3 is 9.64 Å². The zero-order chi connectivity index (χ0) is 24.6. The minimum absolute atomic E-state index is 0.0595. The van der Waals surface area contributed by atoms with Gasteiger partial charge >= 0.3 is 5.97 Å². The van der Waals surface area contributed by atoms with E-state index in [4.69, 9.17) is 4.74 Å². The monoisotopic (exact) mass is 467 g/mol. The van der Waals surface area contributed by atoms with Crippen LogP contribution in [0, 0.1) is 12.8 Å². The van der Waals surface area contributed by atoms with Gasteiger partial charge in [-0.25, -0.2) is 4.79 Å². The summed E-state index contributed by atoms with van der Waals surface area (Å²) >= 11 is 0. The summed E-state index contributed by atoms with van der Waals surface area (Å²) < 4.78 is 4.70. The molecule has 1 saturated carbocycles. The molecule has 4 rings (SSSR count). The van der Waals surface area contributed by atoms with Gasteiger partial charge in [-0.3, -0.25) is 4.79 Å². The number of anilines is 1. The van der Waals surface area contributed by atoms with Crippen molar-refractivity contribution < 1.29 is 14.3 Å². The van der Waals surface area contributed by atoms with E-state index in [1.807, 2.05) is 29.2 Å². The van der Waals surface area contributed by atoms with Crippen molar-refractivity contribution in [1.29, 1.82) is 0 Å². The van der Waals surface area contributed by atoms with E-state index in [1.54, 1.807) is 6.08 Å². The van der Waals surface area contributed by atoms with Crippen LogP contribution >= 0.6 is 0 Å². The lowest BCUT2D eigenvalue weighted by Gasteiger charge is -2.30. The van der Waals surface area contributed by atoms with Crippen LogP contribution in [0.5, 0.6) is 0 Å². The highest BCUT2D eigenvalue weighted by atomic mass is 16.5.